The average Bonchev–Trinajstić information content (AvgIpc) is 2.62. The molecule has 2 heterocycles. The highest BCUT2D eigenvalue weighted by Crippen LogP contribution is 2.18. The zero-order valence-electron chi connectivity index (χ0n) is 7.36. The average molecular weight is 192 g/mol. The number of rotatable bonds is 1. The first-order valence-electron chi connectivity index (χ1n) is 4.25. The van der Waals surface area contributed by atoms with E-state index >= 15 is 0 Å². The predicted molar refractivity (Wildman–Crippen MR) is 47.0 cm³/mol. The fourth-order valence-corrected chi connectivity index (χ4v) is 1.23. The summed E-state index contributed by atoms with van der Waals surface area (Å²) in [6.07, 6.45) is 3.77. The third-order valence-electron chi connectivity index (χ3n) is 1.93. The SMILES string of the molecule is O=C1CC/C(=C\c2ccco2)C(=O)O1. The van der Waals surface area contributed by atoms with Crippen LogP contribution in [0.2, 0.25) is 0 Å². The molecule has 1 aliphatic rings. The van der Waals surface area contributed by atoms with Crippen molar-refractivity contribution in [3.8, 4) is 0 Å². The standard InChI is InChI=1S/C10H8O4/c11-9-4-3-7(10(12)14-9)6-8-2-1-5-13-8/h1-2,5-6H,3-4H2/b7-6+. The molecule has 0 amide bonds. The van der Waals surface area contributed by atoms with Gasteiger partial charge in [0.25, 0.3) is 0 Å². The highest BCUT2D eigenvalue weighted by atomic mass is 16.6. The molecular weight excluding hydrogens is 184 g/mol. The summed E-state index contributed by atoms with van der Waals surface area (Å²) in [6, 6.07) is 3.46. The highest BCUT2D eigenvalue weighted by Gasteiger charge is 2.22. The number of hydrogen-bond donors (Lipinski definition) is 0. The minimum absolute atomic E-state index is 0.248. The molecule has 1 aromatic heterocycles. The van der Waals surface area contributed by atoms with Crippen LogP contribution in [0, 0.1) is 0 Å². The number of furan rings is 1. The molecule has 14 heavy (non-hydrogen) atoms. The summed E-state index contributed by atoms with van der Waals surface area (Å²) < 4.78 is 9.50. The Kier molecular flexibility index (Phi) is 2.18. The van der Waals surface area contributed by atoms with Crippen molar-refractivity contribution in [2.24, 2.45) is 0 Å². The number of carbonyl (C=O) groups is 2. The predicted octanol–water partition coefficient (Wildman–Crippen LogP) is 1.53. The van der Waals surface area contributed by atoms with Gasteiger partial charge < -0.3 is 9.15 Å². The number of cyclic esters (lactones) is 2. The van der Waals surface area contributed by atoms with Gasteiger partial charge in [-0.05, 0) is 24.6 Å². The molecule has 0 bridgehead atoms. The molecule has 0 atom stereocenters. The van der Waals surface area contributed by atoms with Crippen molar-refractivity contribution in [1.82, 2.24) is 0 Å². The van der Waals surface area contributed by atoms with Crippen LogP contribution in [-0.4, -0.2) is 11.9 Å². The van der Waals surface area contributed by atoms with Gasteiger partial charge in [-0.2, -0.15) is 0 Å². The van der Waals surface area contributed by atoms with Crippen LogP contribution in [0.15, 0.2) is 28.4 Å². The Morgan fingerprint density at radius 1 is 1.29 bits per heavy atom. The maximum Gasteiger partial charge on any atom is 0.341 e. The van der Waals surface area contributed by atoms with Gasteiger partial charge in [0.05, 0.1) is 12.7 Å². The van der Waals surface area contributed by atoms with Gasteiger partial charge >= 0.3 is 11.9 Å². The zero-order chi connectivity index (χ0) is 9.97. The molecular formula is C10H8O4. The lowest BCUT2D eigenvalue weighted by atomic mass is 10.1. The van der Waals surface area contributed by atoms with Crippen LogP contribution < -0.4 is 0 Å². The van der Waals surface area contributed by atoms with E-state index in [1.807, 2.05) is 0 Å². The summed E-state index contributed by atoms with van der Waals surface area (Å²) >= 11 is 0. The Balaban J connectivity index is 2.19. The van der Waals surface area contributed by atoms with Crippen LogP contribution >= 0.6 is 0 Å². The van der Waals surface area contributed by atoms with Crippen molar-refractivity contribution in [2.75, 3.05) is 0 Å². The minimum Gasteiger partial charge on any atom is -0.465 e. The molecule has 0 saturated carbocycles. The molecule has 0 radical (unpaired) electrons. The lowest BCUT2D eigenvalue weighted by Gasteiger charge is -2.11. The Morgan fingerprint density at radius 3 is 2.79 bits per heavy atom. The summed E-state index contributed by atoms with van der Waals surface area (Å²) in [5.41, 5.74) is 0.472. The van der Waals surface area contributed by atoms with Gasteiger partial charge in [0.2, 0.25) is 0 Å². The molecule has 1 aliphatic heterocycles. The van der Waals surface area contributed by atoms with Gasteiger partial charge in [-0.15, -0.1) is 0 Å². The van der Waals surface area contributed by atoms with E-state index in [4.69, 9.17) is 4.42 Å². The third kappa shape index (κ3) is 1.74. The number of carbonyl (C=O) groups excluding carboxylic acids is 2. The molecule has 1 saturated heterocycles. The van der Waals surface area contributed by atoms with E-state index in [2.05, 4.69) is 4.74 Å². The van der Waals surface area contributed by atoms with Crippen LogP contribution in [-0.2, 0) is 14.3 Å². The van der Waals surface area contributed by atoms with Gasteiger partial charge in [0.15, 0.2) is 0 Å². The van der Waals surface area contributed by atoms with Crippen molar-refractivity contribution in [1.29, 1.82) is 0 Å². The Morgan fingerprint density at radius 2 is 2.14 bits per heavy atom. The van der Waals surface area contributed by atoms with E-state index in [0.717, 1.165) is 0 Å². The Bertz CT molecular complexity index is 386. The molecule has 1 fully saturated rings. The molecule has 0 spiro atoms. The number of hydrogen-bond acceptors (Lipinski definition) is 4. The van der Waals surface area contributed by atoms with Gasteiger partial charge in [0, 0.05) is 5.57 Å². The number of esters is 2. The quantitative estimate of drug-likeness (QED) is 0.384. The summed E-state index contributed by atoms with van der Waals surface area (Å²) in [5.74, 6) is -0.449. The van der Waals surface area contributed by atoms with Crippen molar-refractivity contribution in [3.05, 3.63) is 29.7 Å². The molecule has 0 aliphatic carbocycles. The van der Waals surface area contributed by atoms with E-state index in [9.17, 15) is 9.59 Å². The van der Waals surface area contributed by atoms with Crippen molar-refractivity contribution >= 4 is 18.0 Å². The van der Waals surface area contributed by atoms with Crippen molar-refractivity contribution in [2.45, 2.75) is 12.8 Å². The molecule has 4 nitrogen and oxygen atoms in total. The van der Waals surface area contributed by atoms with Crippen molar-refractivity contribution < 1.29 is 18.7 Å². The first kappa shape index (κ1) is 8.74. The smallest absolute Gasteiger partial charge is 0.341 e. The second-order valence-electron chi connectivity index (χ2n) is 2.95. The Hall–Kier alpha value is -1.84. The molecule has 0 N–H and O–H groups in total. The summed E-state index contributed by atoms with van der Waals surface area (Å²) in [6.45, 7) is 0. The maximum atomic E-state index is 11.2. The van der Waals surface area contributed by atoms with Gasteiger partial charge in [0.1, 0.15) is 5.76 Å². The van der Waals surface area contributed by atoms with Crippen molar-refractivity contribution in [3.63, 3.8) is 0 Å². The molecule has 1 aromatic rings. The highest BCUT2D eigenvalue weighted by molar-refractivity contribution is 6.02. The first-order valence-corrected chi connectivity index (χ1v) is 4.25. The van der Waals surface area contributed by atoms with Gasteiger partial charge in [-0.25, -0.2) is 4.79 Å². The normalized spacial score (nSPS) is 19.9. The van der Waals surface area contributed by atoms with E-state index in [1.54, 1.807) is 18.2 Å². The molecule has 0 unspecified atom stereocenters. The third-order valence-corrected chi connectivity index (χ3v) is 1.93. The van der Waals surface area contributed by atoms with Gasteiger partial charge in [-0.1, -0.05) is 0 Å². The molecule has 72 valence electrons. The number of ether oxygens (including phenoxy) is 1. The van der Waals surface area contributed by atoms with E-state index < -0.39 is 11.9 Å². The van der Waals surface area contributed by atoms with Crippen LogP contribution in [0.3, 0.4) is 0 Å². The topological polar surface area (TPSA) is 56.5 Å². The first-order chi connectivity index (χ1) is 6.75. The monoisotopic (exact) mass is 192 g/mol. The van der Waals surface area contributed by atoms with Gasteiger partial charge in [-0.3, -0.25) is 4.79 Å². The van der Waals surface area contributed by atoms with Crippen LogP contribution in [0.25, 0.3) is 6.08 Å². The maximum absolute atomic E-state index is 11.2. The fraction of sp³-hybridized carbons (Fsp3) is 0.200. The lowest BCUT2D eigenvalue weighted by molar-refractivity contribution is -0.159. The van der Waals surface area contributed by atoms with Crippen LogP contribution in [0.1, 0.15) is 18.6 Å². The lowest BCUT2D eigenvalue weighted by Crippen LogP contribution is -2.20. The molecule has 0 aromatic carbocycles. The van der Waals surface area contributed by atoms with E-state index in [1.165, 1.54) is 6.26 Å². The summed E-state index contributed by atoms with van der Waals surface area (Å²) in [7, 11) is 0. The zero-order valence-corrected chi connectivity index (χ0v) is 7.36. The minimum atomic E-state index is -0.572. The molecule has 4 heteroatoms. The second-order valence-corrected chi connectivity index (χ2v) is 2.95. The fourth-order valence-electron chi connectivity index (χ4n) is 1.23. The van der Waals surface area contributed by atoms with E-state index in [0.29, 0.717) is 17.8 Å². The largest absolute Gasteiger partial charge is 0.465 e. The molecule has 2 rings (SSSR count). The summed E-state index contributed by atoms with van der Waals surface area (Å²) in [5, 5.41) is 0. The Labute approximate surface area is 80.2 Å². The van der Waals surface area contributed by atoms with Crippen LogP contribution in [0.5, 0.6) is 0 Å². The second kappa shape index (κ2) is 3.49. The van der Waals surface area contributed by atoms with Crippen LogP contribution in [0.4, 0.5) is 0 Å². The summed E-state index contributed by atoms with van der Waals surface area (Å²) in [4.78, 5) is 21.9. The van der Waals surface area contributed by atoms with E-state index in [-0.39, 0.29) is 6.42 Å².